The molecule has 2 aromatic rings. The second kappa shape index (κ2) is 3.73. The molecule has 2 rings (SSSR count). The van der Waals surface area contributed by atoms with Gasteiger partial charge in [0.15, 0.2) is 0 Å². The first-order valence-corrected chi connectivity index (χ1v) is 4.73. The molecule has 0 aliphatic rings. The molecule has 0 bridgehead atoms. The fraction of sp³-hybridized carbons (Fsp3) is 0.0769. The minimum Gasteiger partial charge on any atom is -0.508 e. The van der Waals surface area contributed by atoms with Crippen LogP contribution in [0.2, 0.25) is 0 Å². The van der Waals surface area contributed by atoms with Crippen LogP contribution in [-0.2, 0) is 0 Å². The summed E-state index contributed by atoms with van der Waals surface area (Å²) in [5.74, 6) is 0.00776. The van der Waals surface area contributed by atoms with Crippen molar-refractivity contribution in [3.8, 4) is 16.9 Å². The van der Waals surface area contributed by atoms with Gasteiger partial charge in [0.2, 0.25) is 0 Å². The Hall–Kier alpha value is -1.83. The predicted octanol–water partition coefficient (Wildman–Crippen LogP) is 3.51. The average molecular weight is 202 g/mol. The fourth-order valence-electron chi connectivity index (χ4n) is 1.56. The van der Waals surface area contributed by atoms with E-state index in [-0.39, 0.29) is 11.6 Å². The van der Waals surface area contributed by atoms with Gasteiger partial charge < -0.3 is 5.11 Å². The second-order valence-electron chi connectivity index (χ2n) is 3.46. The number of benzene rings is 2. The van der Waals surface area contributed by atoms with E-state index in [1.165, 1.54) is 6.07 Å². The van der Waals surface area contributed by atoms with Gasteiger partial charge in [0.05, 0.1) is 0 Å². The maximum Gasteiger partial charge on any atom is 0.126 e. The average Bonchev–Trinajstić information content (AvgIpc) is 2.24. The summed E-state index contributed by atoms with van der Waals surface area (Å²) < 4.78 is 13.3. The highest BCUT2D eigenvalue weighted by molar-refractivity contribution is 5.67. The molecule has 2 heteroatoms. The standard InChI is InChI=1S/C13H11FO/c1-9-12(3-2-4-13(9)14)10-5-7-11(15)8-6-10/h2-8,15H,1H3. The van der Waals surface area contributed by atoms with E-state index in [4.69, 9.17) is 5.11 Å². The number of phenolic OH excluding ortho intramolecular Hbond substituents is 1. The van der Waals surface area contributed by atoms with Crippen LogP contribution in [0.4, 0.5) is 4.39 Å². The first-order chi connectivity index (χ1) is 7.18. The van der Waals surface area contributed by atoms with Crippen LogP contribution < -0.4 is 0 Å². The third-order valence-electron chi connectivity index (χ3n) is 2.45. The lowest BCUT2D eigenvalue weighted by Crippen LogP contribution is -1.87. The van der Waals surface area contributed by atoms with Gasteiger partial charge in [-0.1, -0.05) is 24.3 Å². The van der Waals surface area contributed by atoms with Crippen molar-refractivity contribution in [3.05, 3.63) is 53.8 Å². The fourth-order valence-corrected chi connectivity index (χ4v) is 1.56. The smallest absolute Gasteiger partial charge is 0.126 e. The molecule has 0 saturated carbocycles. The van der Waals surface area contributed by atoms with Crippen molar-refractivity contribution in [2.24, 2.45) is 0 Å². The van der Waals surface area contributed by atoms with Crippen molar-refractivity contribution >= 4 is 0 Å². The van der Waals surface area contributed by atoms with Gasteiger partial charge in [-0.2, -0.15) is 0 Å². The number of hydrogen-bond donors (Lipinski definition) is 1. The molecule has 0 atom stereocenters. The number of phenols is 1. The van der Waals surface area contributed by atoms with E-state index in [0.29, 0.717) is 5.56 Å². The monoisotopic (exact) mass is 202 g/mol. The van der Waals surface area contributed by atoms with Crippen molar-refractivity contribution in [2.75, 3.05) is 0 Å². The van der Waals surface area contributed by atoms with Crippen molar-refractivity contribution in [1.82, 2.24) is 0 Å². The Morgan fingerprint density at radius 3 is 2.33 bits per heavy atom. The quantitative estimate of drug-likeness (QED) is 0.750. The van der Waals surface area contributed by atoms with Gasteiger partial charge in [-0.3, -0.25) is 0 Å². The summed E-state index contributed by atoms with van der Waals surface area (Å²) in [5.41, 5.74) is 2.39. The Labute approximate surface area is 87.8 Å². The molecular weight excluding hydrogens is 191 g/mol. The lowest BCUT2D eigenvalue weighted by atomic mass is 10.0. The largest absolute Gasteiger partial charge is 0.508 e. The molecule has 1 nitrogen and oxygen atoms in total. The first-order valence-electron chi connectivity index (χ1n) is 4.73. The van der Waals surface area contributed by atoms with Crippen molar-refractivity contribution < 1.29 is 9.50 Å². The minimum absolute atomic E-state index is 0.208. The Balaban J connectivity index is 2.54. The molecule has 0 amide bonds. The molecule has 0 aromatic heterocycles. The van der Waals surface area contributed by atoms with Crippen molar-refractivity contribution in [2.45, 2.75) is 6.92 Å². The molecule has 15 heavy (non-hydrogen) atoms. The lowest BCUT2D eigenvalue weighted by molar-refractivity contribution is 0.475. The number of rotatable bonds is 1. The van der Waals surface area contributed by atoms with Crippen LogP contribution in [0.25, 0.3) is 11.1 Å². The normalized spacial score (nSPS) is 10.3. The zero-order valence-corrected chi connectivity index (χ0v) is 8.37. The van der Waals surface area contributed by atoms with Gasteiger partial charge in [0, 0.05) is 0 Å². The van der Waals surface area contributed by atoms with Crippen LogP contribution in [0.1, 0.15) is 5.56 Å². The van der Waals surface area contributed by atoms with Crippen LogP contribution in [-0.4, -0.2) is 5.11 Å². The number of aromatic hydroxyl groups is 1. The molecule has 0 aliphatic heterocycles. The van der Waals surface area contributed by atoms with Gasteiger partial charge in [-0.15, -0.1) is 0 Å². The summed E-state index contributed by atoms with van der Waals surface area (Å²) >= 11 is 0. The molecule has 0 heterocycles. The minimum atomic E-state index is -0.208. The molecule has 0 aliphatic carbocycles. The molecule has 1 N–H and O–H groups in total. The third kappa shape index (κ3) is 1.84. The molecule has 0 spiro atoms. The van der Waals surface area contributed by atoms with E-state index in [2.05, 4.69) is 0 Å². The van der Waals surface area contributed by atoms with Crippen LogP contribution in [0.15, 0.2) is 42.5 Å². The Morgan fingerprint density at radius 2 is 1.67 bits per heavy atom. The zero-order valence-electron chi connectivity index (χ0n) is 8.37. The lowest BCUT2D eigenvalue weighted by Gasteiger charge is -2.06. The van der Waals surface area contributed by atoms with E-state index in [1.54, 1.807) is 37.3 Å². The molecule has 0 fully saturated rings. The molecule has 2 aromatic carbocycles. The van der Waals surface area contributed by atoms with Crippen LogP contribution in [0, 0.1) is 12.7 Å². The molecule has 0 unspecified atom stereocenters. The van der Waals surface area contributed by atoms with E-state index in [1.807, 2.05) is 6.07 Å². The Morgan fingerprint density at radius 1 is 1.00 bits per heavy atom. The van der Waals surface area contributed by atoms with Crippen LogP contribution in [0.3, 0.4) is 0 Å². The second-order valence-corrected chi connectivity index (χ2v) is 3.46. The molecule has 76 valence electrons. The summed E-state index contributed by atoms with van der Waals surface area (Å²) in [5, 5.41) is 9.15. The van der Waals surface area contributed by atoms with Gasteiger partial charge >= 0.3 is 0 Å². The van der Waals surface area contributed by atoms with Crippen LogP contribution >= 0.6 is 0 Å². The number of halogens is 1. The highest BCUT2D eigenvalue weighted by atomic mass is 19.1. The summed E-state index contributed by atoms with van der Waals surface area (Å²) in [6, 6.07) is 11.7. The van der Waals surface area contributed by atoms with Gasteiger partial charge in [-0.05, 0) is 41.8 Å². The van der Waals surface area contributed by atoms with Gasteiger partial charge in [-0.25, -0.2) is 4.39 Å². The Kier molecular flexibility index (Phi) is 2.42. The van der Waals surface area contributed by atoms with E-state index < -0.39 is 0 Å². The van der Waals surface area contributed by atoms with Gasteiger partial charge in [0.25, 0.3) is 0 Å². The summed E-state index contributed by atoms with van der Waals surface area (Å²) in [6.45, 7) is 1.75. The Bertz CT molecular complexity index is 474. The first kappa shape index (κ1) is 9.71. The highest BCUT2D eigenvalue weighted by Gasteiger charge is 2.05. The molecule has 0 saturated heterocycles. The maximum absolute atomic E-state index is 13.3. The van der Waals surface area contributed by atoms with E-state index in [9.17, 15) is 4.39 Å². The SMILES string of the molecule is Cc1c(F)cccc1-c1ccc(O)cc1. The molecule has 0 radical (unpaired) electrons. The van der Waals surface area contributed by atoms with Gasteiger partial charge in [0.1, 0.15) is 11.6 Å². The maximum atomic E-state index is 13.3. The highest BCUT2D eigenvalue weighted by Crippen LogP contribution is 2.26. The predicted molar refractivity (Wildman–Crippen MR) is 58.2 cm³/mol. The number of hydrogen-bond acceptors (Lipinski definition) is 1. The van der Waals surface area contributed by atoms with Crippen molar-refractivity contribution in [1.29, 1.82) is 0 Å². The summed E-state index contributed by atoms with van der Waals surface area (Å²) in [6.07, 6.45) is 0. The topological polar surface area (TPSA) is 20.2 Å². The van der Waals surface area contributed by atoms with Crippen LogP contribution in [0.5, 0.6) is 5.75 Å². The van der Waals surface area contributed by atoms with Crippen molar-refractivity contribution in [3.63, 3.8) is 0 Å². The summed E-state index contributed by atoms with van der Waals surface area (Å²) in [4.78, 5) is 0. The van der Waals surface area contributed by atoms with E-state index in [0.717, 1.165) is 11.1 Å². The van der Waals surface area contributed by atoms with E-state index >= 15 is 0 Å². The third-order valence-corrected chi connectivity index (χ3v) is 2.45. The zero-order chi connectivity index (χ0) is 10.8. The molecular formula is C13H11FO. The summed E-state index contributed by atoms with van der Waals surface area (Å²) in [7, 11) is 0.